The fraction of sp³-hybridized carbons (Fsp3) is 0.333. The summed E-state index contributed by atoms with van der Waals surface area (Å²) in [5, 5.41) is 1.46. The third-order valence-electron chi connectivity index (χ3n) is 0.908. The van der Waals surface area contributed by atoms with Gasteiger partial charge in [0.25, 0.3) is 0 Å². The molecule has 0 aliphatic heterocycles. The molecule has 1 heterocycles. The second kappa shape index (κ2) is 8.34. The Kier molecular flexibility index (Phi) is 14.5. The van der Waals surface area contributed by atoms with Crippen molar-refractivity contribution in [3.63, 3.8) is 0 Å². The minimum atomic E-state index is 0. The molecule has 0 fully saturated rings. The summed E-state index contributed by atoms with van der Waals surface area (Å²) < 4.78 is 0. The maximum atomic E-state index is 2.22. The van der Waals surface area contributed by atoms with E-state index in [0.29, 0.717) is 0 Å². The van der Waals surface area contributed by atoms with Gasteiger partial charge in [0.05, 0.1) is 0 Å². The van der Waals surface area contributed by atoms with Gasteiger partial charge < -0.3 is 0 Å². The van der Waals surface area contributed by atoms with Gasteiger partial charge in [-0.3, -0.25) is 0 Å². The maximum Gasteiger partial charge on any atom is 0 e. The first-order valence-corrected chi connectivity index (χ1v) is 3.31. The van der Waals surface area contributed by atoms with Crippen LogP contribution >= 0.6 is 33.0 Å². The van der Waals surface area contributed by atoms with Crippen LogP contribution in [0, 0.1) is 13.8 Å². The molecule has 0 radical (unpaired) electrons. The standard InChI is InChI=1S/C6H8P.2ClH.Zr/c1-5-3-6(2)7-4-5;;;/h3-4H,1-2H3;2*1H;/q-1;;;. The molecule has 58 valence electrons. The number of hydrogen-bond donors (Lipinski definition) is 0. The number of rotatable bonds is 0. The average molecular weight is 275 g/mol. The Morgan fingerprint density at radius 3 is 2.00 bits per heavy atom. The third-order valence-corrected chi connectivity index (χ3v) is 1.98. The van der Waals surface area contributed by atoms with Crippen molar-refractivity contribution in [3.05, 3.63) is 22.7 Å². The van der Waals surface area contributed by atoms with Crippen LogP contribution in [0.4, 0.5) is 0 Å². The molecule has 0 aromatic carbocycles. The molecule has 0 bridgehead atoms. The Morgan fingerprint density at radius 2 is 1.90 bits per heavy atom. The largest absolute Gasteiger partial charge is 0.224 e. The van der Waals surface area contributed by atoms with Gasteiger partial charge >= 0.3 is 0 Å². The molecule has 0 unspecified atom stereocenters. The molecule has 0 saturated heterocycles. The monoisotopic (exact) mass is 273 g/mol. The first-order chi connectivity index (χ1) is 3.29. The van der Waals surface area contributed by atoms with E-state index in [2.05, 4.69) is 25.7 Å². The smallest absolute Gasteiger partial charge is 0 e. The predicted molar refractivity (Wildman–Crippen MR) is 48.5 cm³/mol. The van der Waals surface area contributed by atoms with Crippen molar-refractivity contribution in [1.82, 2.24) is 0 Å². The molecule has 0 nitrogen and oxygen atoms in total. The molecule has 4 heteroatoms. The van der Waals surface area contributed by atoms with Gasteiger partial charge in [-0.25, -0.2) is 8.19 Å². The molecule has 0 atom stereocenters. The van der Waals surface area contributed by atoms with Crippen LogP contribution in [0.25, 0.3) is 0 Å². The summed E-state index contributed by atoms with van der Waals surface area (Å²) in [4.78, 5) is 0. The molecular formula is C6H10Cl2PZr-. The van der Waals surface area contributed by atoms with Gasteiger partial charge in [0.15, 0.2) is 0 Å². The zero-order valence-corrected chi connectivity index (χ0v) is 10.9. The van der Waals surface area contributed by atoms with Crippen LogP contribution in [0.5, 0.6) is 0 Å². The molecule has 0 spiro atoms. The van der Waals surface area contributed by atoms with Gasteiger partial charge in [-0.2, -0.15) is 17.4 Å². The molecule has 1 rings (SSSR count). The maximum absolute atomic E-state index is 2.22. The average Bonchev–Trinajstić information content (AvgIpc) is 1.87. The first kappa shape index (κ1) is 17.4. The summed E-state index contributed by atoms with van der Waals surface area (Å²) in [5.74, 6) is 2.22. The SMILES string of the molecule is Cc1cp[c-](C)c1.Cl.Cl.[Zr]. The molecule has 0 amide bonds. The van der Waals surface area contributed by atoms with Crippen molar-refractivity contribution in [2.75, 3.05) is 0 Å². The van der Waals surface area contributed by atoms with Gasteiger partial charge in [-0.05, 0) is 0 Å². The van der Waals surface area contributed by atoms with Crippen molar-refractivity contribution in [2.24, 2.45) is 0 Å². The second-order valence-electron chi connectivity index (χ2n) is 1.79. The molecule has 0 N–H and O–H groups in total. The Balaban J connectivity index is -0.000000163. The zero-order chi connectivity index (χ0) is 5.28. The van der Waals surface area contributed by atoms with Gasteiger partial charge in [0.1, 0.15) is 0 Å². The van der Waals surface area contributed by atoms with Gasteiger partial charge in [-0.15, -0.1) is 30.1 Å². The summed E-state index contributed by atoms with van der Waals surface area (Å²) in [7, 11) is 1.38. The van der Waals surface area contributed by atoms with E-state index in [-0.39, 0.29) is 51.0 Å². The van der Waals surface area contributed by atoms with E-state index in [1.54, 1.807) is 0 Å². The topological polar surface area (TPSA) is 0 Å². The summed E-state index contributed by atoms with van der Waals surface area (Å²) in [6, 6.07) is 2.21. The Bertz CT molecular complexity index is 148. The number of hydrogen-bond acceptors (Lipinski definition) is 0. The van der Waals surface area contributed by atoms with Crippen LogP contribution in [0.1, 0.15) is 10.9 Å². The van der Waals surface area contributed by atoms with Crippen molar-refractivity contribution in [2.45, 2.75) is 13.8 Å². The predicted octanol–water partition coefficient (Wildman–Crippen LogP) is 3.44. The Labute approximate surface area is 95.2 Å². The van der Waals surface area contributed by atoms with Crippen molar-refractivity contribution >= 4 is 33.0 Å². The van der Waals surface area contributed by atoms with Gasteiger partial charge in [0, 0.05) is 26.2 Å². The summed E-state index contributed by atoms with van der Waals surface area (Å²) in [5.41, 5.74) is 1.40. The summed E-state index contributed by atoms with van der Waals surface area (Å²) in [6.07, 6.45) is 0. The normalized spacial score (nSPS) is 7.40. The number of aryl methyl sites for hydroxylation is 2. The van der Waals surface area contributed by atoms with E-state index < -0.39 is 0 Å². The van der Waals surface area contributed by atoms with Crippen LogP contribution in [0.2, 0.25) is 0 Å². The van der Waals surface area contributed by atoms with E-state index in [4.69, 9.17) is 0 Å². The fourth-order valence-corrected chi connectivity index (χ4v) is 1.37. The molecule has 0 saturated carbocycles. The molecule has 0 aliphatic rings. The molecule has 1 aromatic heterocycles. The summed E-state index contributed by atoms with van der Waals surface area (Å²) >= 11 is 0. The van der Waals surface area contributed by atoms with Crippen LogP contribution in [0.15, 0.2) is 11.9 Å². The van der Waals surface area contributed by atoms with E-state index in [1.807, 2.05) is 0 Å². The minimum Gasteiger partial charge on any atom is -0.224 e. The summed E-state index contributed by atoms with van der Waals surface area (Å²) in [6.45, 7) is 4.28. The van der Waals surface area contributed by atoms with Crippen molar-refractivity contribution in [3.8, 4) is 0 Å². The van der Waals surface area contributed by atoms with E-state index in [9.17, 15) is 0 Å². The van der Waals surface area contributed by atoms with Crippen LogP contribution < -0.4 is 0 Å². The minimum absolute atomic E-state index is 0. The van der Waals surface area contributed by atoms with Crippen LogP contribution in [0.3, 0.4) is 0 Å². The van der Waals surface area contributed by atoms with Gasteiger partial charge in [-0.1, -0.05) is 13.8 Å². The van der Waals surface area contributed by atoms with E-state index in [1.165, 1.54) is 19.1 Å². The molecule has 1 aromatic rings. The van der Waals surface area contributed by atoms with Crippen LogP contribution in [-0.4, -0.2) is 0 Å². The quantitative estimate of drug-likeness (QED) is 0.636. The van der Waals surface area contributed by atoms with Gasteiger partial charge in [0.2, 0.25) is 0 Å². The van der Waals surface area contributed by atoms with E-state index >= 15 is 0 Å². The Morgan fingerprint density at radius 1 is 1.40 bits per heavy atom. The fourth-order valence-electron chi connectivity index (χ4n) is 0.608. The van der Waals surface area contributed by atoms with Crippen molar-refractivity contribution < 1.29 is 26.2 Å². The van der Waals surface area contributed by atoms with Crippen LogP contribution in [-0.2, 0) is 26.2 Å². The molecule has 10 heavy (non-hydrogen) atoms. The first-order valence-electron chi connectivity index (χ1n) is 2.35. The second-order valence-corrected chi connectivity index (χ2v) is 3.01. The number of halogens is 2. The zero-order valence-electron chi connectivity index (χ0n) is 5.92. The van der Waals surface area contributed by atoms with E-state index in [0.717, 1.165) is 0 Å². The third kappa shape index (κ3) is 5.99. The molecular weight excluding hydrogens is 265 g/mol. The molecule has 0 aliphatic carbocycles. The van der Waals surface area contributed by atoms with Crippen molar-refractivity contribution in [1.29, 1.82) is 0 Å². The Hall–Kier alpha value is 1.24.